The Balaban J connectivity index is 2.16. The molecule has 0 fully saturated rings. The molecule has 0 aliphatic rings. The first-order valence-electron chi connectivity index (χ1n) is 7.54. The van der Waals surface area contributed by atoms with Crippen LogP contribution in [-0.2, 0) is 0 Å². The molecule has 0 saturated carbocycles. The number of carboxylic acid groups (broad SMARTS) is 2. The van der Waals surface area contributed by atoms with Crippen LogP contribution >= 0.6 is 0 Å². The molecule has 2 N–H and O–H groups in total. The Bertz CT molecular complexity index is 868. The van der Waals surface area contributed by atoms with Crippen LogP contribution in [0.2, 0.25) is 0 Å². The summed E-state index contributed by atoms with van der Waals surface area (Å²) >= 11 is 0. The summed E-state index contributed by atoms with van der Waals surface area (Å²) in [5.74, 6) is -0.769. The van der Waals surface area contributed by atoms with Crippen LogP contribution in [0.4, 0.5) is 9.59 Å². The van der Waals surface area contributed by atoms with Gasteiger partial charge in [-0.25, -0.2) is 9.59 Å². The Morgan fingerprint density at radius 2 is 1.35 bits per heavy atom. The normalized spacial score (nSPS) is 10.5. The zero-order chi connectivity index (χ0) is 18.5. The molecule has 0 amide bonds. The Kier molecular flexibility index (Phi) is 4.84. The summed E-state index contributed by atoms with van der Waals surface area (Å²) in [6.07, 6.45) is -1.95. The second-order valence-electron chi connectivity index (χ2n) is 5.22. The molecule has 3 rings (SSSR count). The molecular formula is C18H14N2O6. The lowest BCUT2D eigenvalue weighted by molar-refractivity contribution is 0.128. The monoisotopic (exact) mass is 354 g/mol. The number of rotatable bonds is 5. The molecule has 0 radical (unpaired) electrons. The van der Waals surface area contributed by atoms with Crippen molar-refractivity contribution < 1.29 is 29.3 Å². The van der Waals surface area contributed by atoms with Crippen LogP contribution in [0.15, 0.2) is 67.0 Å². The van der Waals surface area contributed by atoms with E-state index in [-0.39, 0.29) is 5.88 Å². The van der Waals surface area contributed by atoms with Crippen LogP contribution < -0.4 is 9.47 Å². The van der Waals surface area contributed by atoms with Gasteiger partial charge in [-0.15, -0.1) is 0 Å². The highest BCUT2D eigenvalue weighted by molar-refractivity contribution is 5.65. The van der Waals surface area contributed by atoms with Crippen LogP contribution in [0.1, 0.15) is 17.2 Å². The third kappa shape index (κ3) is 3.64. The van der Waals surface area contributed by atoms with E-state index in [1.165, 1.54) is 10.9 Å². The number of benzene rings is 2. The van der Waals surface area contributed by atoms with Crippen molar-refractivity contribution in [3.63, 3.8) is 0 Å². The van der Waals surface area contributed by atoms with Crippen molar-refractivity contribution in [2.75, 3.05) is 0 Å². The molecule has 26 heavy (non-hydrogen) atoms. The summed E-state index contributed by atoms with van der Waals surface area (Å²) < 4.78 is 10.7. The molecule has 0 bridgehead atoms. The van der Waals surface area contributed by atoms with Gasteiger partial charge in [-0.2, -0.15) is 4.98 Å². The highest BCUT2D eigenvalue weighted by Gasteiger charge is 2.26. The van der Waals surface area contributed by atoms with Crippen molar-refractivity contribution in [1.29, 1.82) is 0 Å². The van der Waals surface area contributed by atoms with Gasteiger partial charge in [0.25, 0.3) is 11.8 Å². The number of ether oxygens (including phenoxy) is 2. The lowest BCUT2D eigenvalue weighted by Crippen LogP contribution is -2.16. The van der Waals surface area contributed by atoms with E-state index in [2.05, 4.69) is 9.72 Å². The molecule has 8 nitrogen and oxygen atoms in total. The Labute approximate surface area is 147 Å². The lowest BCUT2D eigenvalue weighted by Gasteiger charge is -2.21. The summed E-state index contributed by atoms with van der Waals surface area (Å²) in [6, 6.07) is 18.0. The average Bonchev–Trinajstić information content (AvgIpc) is 2.98. The molecule has 0 atom stereocenters. The van der Waals surface area contributed by atoms with Crippen LogP contribution in [0.5, 0.6) is 11.8 Å². The molecule has 1 heterocycles. The quantitative estimate of drug-likeness (QED) is 0.673. The minimum atomic E-state index is -1.62. The third-order valence-corrected chi connectivity index (χ3v) is 3.59. The molecular weight excluding hydrogens is 340 g/mol. The summed E-state index contributed by atoms with van der Waals surface area (Å²) in [5, 5.41) is 17.9. The number of hydrogen-bond donors (Lipinski definition) is 2. The van der Waals surface area contributed by atoms with Gasteiger partial charge in [0, 0.05) is 0 Å². The SMILES string of the molecule is O=C(O)Oc1ncn(C(c2ccccc2)c2ccccc2)c1OC(=O)O. The standard InChI is InChI=1S/C18H14N2O6/c21-17(22)25-15-16(26-18(23)24)20(11-19-15)14(12-7-3-1-4-8-12)13-9-5-2-6-10-13/h1-11,14H,(H,21,22)(H,23,24). The number of nitrogens with zero attached hydrogens (tertiary/aromatic N) is 2. The van der Waals surface area contributed by atoms with Gasteiger partial charge in [-0.1, -0.05) is 60.7 Å². The van der Waals surface area contributed by atoms with Gasteiger partial charge in [0.05, 0.1) is 6.04 Å². The first kappa shape index (κ1) is 17.0. The Morgan fingerprint density at radius 1 is 0.846 bits per heavy atom. The molecule has 0 saturated heterocycles. The molecule has 132 valence electrons. The van der Waals surface area contributed by atoms with Gasteiger partial charge in [0.2, 0.25) is 0 Å². The van der Waals surface area contributed by atoms with Gasteiger partial charge >= 0.3 is 12.3 Å². The van der Waals surface area contributed by atoms with E-state index < -0.39 is 24.2 Å². The van der Waals surface area contributed by atoms with E-state index in [9.17, 15) is 9.59 Å². The minimum absolute atomic E-state index is 0.322. The lowest BCUT2D eigenvalue weighted by atomic mass is 9.98. The van der Waals surface area contributed by atoms with Crippen LogP contribution in [0.25, 0.3) is 0 Å². The van der Waals surface area contributed by atoms with E-state index in [1.807, 2.05) is 60.7 Å². The molecule has 8 heteroatoms. The highest BCUT2D eigenvalue weighted by Crippen LogP contribution is 2.35. The van der Waals surface area contributed by atoms with Crippen molar-refractivity contribution in [3.8, 4) is 11.8 Å². The fourth-order valence-corrected chi connectivity index (χ4v) is 2.63. The predicted octanol–water partition coefficient (Wildman–Crippen LogP) is 3.63. The van der Waals surface area contributed by atoms with Crippen molar-refractivity contribution in [3.05, 3.63) is 78.1 Å². The molecule has 1 aromatic heterocycles. The number of aromatic nitrogens is 2. The summed E-state index contributed by atoms with van der Waals surface area (Å²) in [5.41, 5.74) is 1.65. The number of hydrogen-bond acceptors (Lipinski definition) is 5. The largest absolute Gasteiger partial charge is 0.512 e. The van der Waals surface area contributed by atoms with Crippen molar-refractivity contribution in [1.82, 2.24) is 9.55 Å². The first-order chi connectivity index (χ1) is 12.6. The van der Waals surface area contributed by atoms with Gasteiger partial charge in [-0.3, -0.25) is 4.57 Å². The maximum absolute atomic E-state index is 11.1. The minimum Gasteiger partial charge on any atom is -0.449 e. The maximum Gasteiger partial charge on any atom is 0.512 e. The second kappa shape index (κ2) is 7.39. The first-order valence-corrected chi connectivity index (χ1v) is 7.54. The molecule has 3 aromatic rings. The Morgan fingerprint density at radius 3 is 1.81 bits per heavy atom. The molecule has 2 aromatic carbocycles. The van der Waals surface area contributed by atoms with E-state index >= 15 is 0 Å². The highest BCUT2D eigenvalue weighted by atomic mass is 16.7. The predicted molar refractivity (Wildman–Crippen MR) is 89.7 cm³/mol. The average molecular weight is 354 g/mol. The van der Waals surface area contributed by atoms with Gasteiger partial charge in [-0.05, 0) is 11.1 Å². The third-order valence-electron chi connectivity index (χ3n) is 3.59. The van der Waals surface area contributed by atoms with E-state index in [0.29, 0.717) is 0 Å². The Hall–Kier alpha value is -3.81. The zero-order valence-corrected chi connectivity index (χ0v) is 13.4. The van der Waals surface area contributed by atoms with Crippen molar-refractivity contribution in [2.24, 2.45) is 0 Å². The summed E-state index contributed by atoms with van der Waals surface area (Å²) in [6.45, 7) is 0. The molecule has 0 aliphatic heterocycles. The topological polar surface area (TPSA) is 111 Å². The van der Waals surface area contributed by atoms with E-state index in [1.54, 1.807) is 0 Å². The number of imidazole rings is 1. The molecule has 0 unspecified atom stereocenters. The van der Waals surface area contributed by atoms with E-state index in [0.717, 1.165) is 11.1 Å². The van der Waals surface area contributed by atoms with Crippen LogP contribution in [0.3, 0.4) is 0 Å². The second-order valence-corrected chi connectivity index (χ2v) is 5.22. The van der Waals surface area contributed by atoms with Crippen molar-refractivity contribution in [2.45, 2.75) is 6.04 Å². The van der Waals surface area contributed by atoms with Gasteiger partial charge < -0.3 is 19.7 Å². The fraction of sp³-hybridized carbons (Fsp3) is 0.0556. The van der Waals surface area contributed by atoms with Gasteiger partial charge in [0.1, 0.15) is 6.33 Å². The molecule has 0 spiro atoms. The van der Waals surface area contributed by atoms with Crippen molar-refractivity contribution >= 4 is 12.3 Å². The van der Waals surface area contributed by atoms with Gasteiger partial charge in [0.15, 0.2) is 0 Å². The molecule has 0 aliphatic carbocycles. The summed E-state index contributed by atoms with van der Waals surface area (Å²) in [7, 11) is 0. The summed E-state index contributed by atoms with van der Waals surface area (Å²) in [4.78, 5) is 25.8. The van der Waals surface area contributed by atoms with E-state index in [4.69, 9.17) is 14.9 Å². The smallest absolute Gasteiger partial charge is 0.449 e. The van der Waals surface area contributed by atoms with Crippen LogP contribution in [-0.4, -0.2) is 32.1 Å². The zero-order valence-electron chi connectivity index (χ0n) is 13.4. The number of carbonyl (C=O) groups is 2. The maximum atomic E-state index is 11.1. The fourth-order valence-electron chi connectivity index (χ4n) is 2.63. The van der Waals surface area contributed by atoms with Crippen LogP contribution in [0, 0.1) is 0 Å².